The summed E-state index contributed by atoms with van der Waals surface area (Å²) < 4.78 is 4.97. The Morgan fingerprint density at radius 1 is 1.69 bits per heavy atom. The van der Waals surface area contributed by atoms with Crippen LogP contribution in [-0.4, -0.2) is 36.5 Å². The molecule has 0 N–H and O–H groups in total. The second kappa shape index (κ2) is 3.36. The molecule has 0 spiro atoms. The highest BCUT2D eigenvalue weighted by atomic mass is 16.6. The van der Waals surface area contributed by atoms with Crippen LogP contribution in [0.2, 0.25) is 0 Å². The smallest absolute Gasteiger partial charge is 0.410 e. The van der Waals surface area contributed by atoms with E-state index in [1.165, 1.54) is 0 Å². The first-order valence-electron chi connectivity index (χ1n) is 4.42. The summed E-state index contributed by atoms with van der Waals surface area (Å²) in [5.74, 6) is 0. The normalized spacial score (nSPS) is 26.8. The van der Waals surface area contributed by atoms with Crippen LogP contribution in [0.4, 0.5) is 4.79 Å². The molecule has 1 saturated heterocycles. The number of carbonyl (C=O) groups excluding carboxylic acids is 2. The molecule has 1 amide bonds. The van der Waals surface area contributed by atoms with Crippen LogP contribution in [0.3, 0.4) is 0 Å². The lowest BCUT2D eigenvalue weighted by Gasteiger charge is -2.40. The summed E-state index contributed by atoms with van der Waals surface area (Å²) in [7, 11) is 0. The molecule has 1 unspecified atom stereocenters. The molecule has 0 radical (unpaired) electrons. The fourth-order valence-corrected chi connectivity index (χ4v) is 1.44. The van der Waals surface area contributed by atoms with Crippen LogP contribution in [0.25, 0.3) is 0 Å². The maximum absolute atomic E-state index is 11.2. The van der Waals surface area contributed by atoms with Crippen molar-refractivity contribution in [3.8, 4) is 0 Å². The largest absolute Gasteiger partial charge is 0.438 e. The standard InChI is InChI=1S/C9H15NO3/c1-4-10-6-9(2,3)7(5-11)13-8(10)12/h5,7H,4,6H2,1-3H3. The van der Waals surface area contributed by atoms with Crippen molar-refractivity contribution in [1.29, 1.82) is 0 Å². The van der Waals surface area contributed by atoms with Gasteiger partial charge in [0, 0.05) is 18.5 Å². The molecule has 13 heavy (non-hydrogen) atoms. The van der Waals surface area contributed by atoms with E-state index in [2.05, 4.69) is 0 Å². The van der Waals surface area contributed by atoms with Gasteiger partial charge in [-0.1, -0.05) is 13.8 Å². The monoisotopic (exact) mass is 185 g/mol. The topological polar surface area (TPSA) is 46.6 Å². The number of cyclic esters (lactones) is 1. The molecule has 0 aliphatic carbocycles. The Morgan fingerprint density at radius 3 is 2.77 bits per heavy atom. The van der Waals surface area contributed by atoms with Crippen LogP contribution in [0.15, 0.2) is 0 Å². The minimum atomic E-state index is -0.609. The highest BCUT2D eigenvalue weighted by molar-refractivity contribution is 5.73. The molecular weight excluding hydrogens is 170 g/mol. The lowest BCUT2D eigenvalue weighted by atomic mass is 9.85. The van der Waals surface area contributed by atoms with Gasteiger partial charge in [-0.3, -0.25) is 4.79 Å². The summed E-state index contributed by atoms with van der Waals surface area (Å²) in [6.45, 7) is 6.92. The number of hydrogen-bond acceptors (Lipinski definition) is 3. The summed E-state index contributed by atoms with van der Waals surface area (Å²) in [4.78, 5) is 23.4. The minimum Gasteiger partial charge on any atom is -0.438 e. The number of nitrogens with zero attached hydrogens (tertiary/aromatic N) is 1. The summed E-state index contributed by atoms with van der Waals surface area (Å²) >= 11 is 0. The predicted molar refractivity (Wildman–Crippen MR) is 47.4 cm³/mol. The lowest BCUT2D eigenvalue weighted by molar-refractivity contribution is -0.126. The van der Waals surface area contributed by atoms with Gasteiger partial charge < -0.3 is 9.64 Å². The SMILES string of the molecule is CCN1CC(C)(C)C(C=O)OC1=O. The van der Waals surface area contributed by atoms with Gasteiger partial charge in [0.05, 0.1) is 0 Å². The Labute approximate surface area is 77.8 Å². The molecule has 1 rings (SSSR count). The molecule has 1 atom stereocenters. The summed E-state index contributed by atoms with van der Waals surface area (Å²) in [6, 6.07) is 0. The van der Waals surface area contributed by atoms with E-state index < -0.39 is 6.10 Å². The fraction of sp³-hybridized carbons (Fsp3) is 0.778. The summed E-state index contributed by atoms with van der Waals surface area (Å²) in [5.41, 5.74) is -0.286. The molecule has 0 saturated carbocycles. The molecule has 74 valence electrons. The minimum absolute atomic E-state index is 0.286. The second-order valence-electron chi connectivity index (χ2n) is 3.94. The van der Waals surface area contributed by atoms with E-state index in [0.717, 1.165) is 0 Å². The van der Waals surface area contributed by atoms with Crippen LogP contribution in [0.5, 0.6) is 0 Å². The maximum atomic E-state index is 11.2. The second-order valence-corrected chi connectivity index (χ2v) is 3.94. The quantitative estimate of drug-likeness (QED) is 0.604. The van der Waals surface area contributed by atoms with Crippen molar-refractivity contribution in [2.24, 2.45) is 5.41 Å². The first-order valence-corrected chi connectivity index (χ1v) is 4.42. The Morgan fingerprint density at radius 2 is 2.31 bits per heavy atom. The van der Waals surface area contributed by atoms with E-state index in [1.807, 2.05) is 20.8 Å². The van der Waals surface area contributed by atoms with Gasteiger partial charge in [0.2, 0.25) is 0 Å². The number of carbonyl (C=O) groups is 2. The molecule has 0 aromatic rings. The highest BCUT2D eigenvalue weighted by Gasteiger charge is 2.40. The lowest BCUT2D eigenvalue weighted by Crippen LogP contribution is -2.53. The Bertz CT molecular complexity index is 225. The molecule has 1 heterocycles. The third-order valence-corrected chi connectivity index (χ3v) is 2.36. The van der Waals surface area contributed by atoms with Gasteiger partial charge in [-0.2, -0.15) is 0 Å². The van der Waals surface area contributed by atoms with Crippen LogP contribution in [-0.2, 0) is 9.53 Å². The van der Waals surface area contributed by atoms with Gasteiger partial charge in [0.15, 0.2) is 12.4 Å². The number of rotatable bonds is 2. The Kier molecular flexibility index (Phi) is 2.59. The maximum Gasteiger partial charge on any atom is 0.410 e. The third kappa shape index (κ3) is 1.82. The Balaban J connectivity index is 2.78. The van der Waals surface area contributed by atoms with E-state index in [1.54, 1.807) is 4.90 Å². The van der Waals surface area contributed by atoms with Gasteiger partial charge in [-0.25, -0.2) is 4.79 Å². The van der Waals surface area contributed by atoms with Crippen molar-refractivity contribution in [3.05, 3.63) is 0 Å². The first kappa shape index (κ1) is 10.0. The average molecular weight is 185 g/mol. The number of hydrogen-bond donors (Lipinski definition) is 0. The van der Waals surface area contributed by atoms with Crippen LogP contribution in [0, 0.1) is 5.41 Å². The van der Waals surface area contributed by atoms with E-state index in [4.69, 9.17) is 4.74 Å². The zero-order chi connectivity index (χ0) is 10.1. The number of amides is 1. The molecule has 1 fully saturated rings. The van der Waals surface area contributed by atoms with Gasteiger partial charge in [0.25, 0.3) is 0 Å². The van der Waals surface area contributed by atoms with Crippen LogP contribution in [0.1, 0.15) is 20.8 Å². The van der Waals surface area contributed by atoms with Gasteiger partial charge in [-0.15, -0.1) is 0 Å². The summed E-state index contributed by atoms with van der Waals surface area (Å²) in [5, 5.41) is 0. The fourth-order valence-electron chi connectivity index (χ4n) is 1.44. The van der Waals surface area contributed by atoms with Crippen LogP contribution < -0.4 is 0 Å². The van der Waals surface area contributed by atoms with Crippen molar-refractivity contribution in [3.63, 3.8) is 0 Å². The molecule has 0 aromatic heterocycles. The molecule has 4 nitrogen and oxygen atoms in total. The van der Waals surface area contributed by atoms with Crippen molar-refractivity contribution in [1.82, 2.24) is 4.90 Å². The molecule has 1 aliphatic heterocycles. The van der Waals surface area contributed by atoms with Crippen molar-refractivity contribution in [2.45, 2.75) is 26.9 Å². The molecule has 4 heteroatoms. The Hall–Kier alpha value is -1.06. The van der Waals surface area contributed by atoms with Gasteiger partial charge >= 0.3 is 6.09 Å². The predicted octanol–water partition coefficient (Wildman–Crippen LogP) is 1.05. The first-order chi connectivity index (χ1) is 6.01. The molecule has 0 bridgehead atoms. The number of ether oxygens (including phenoxy) is 1. The molecule has 1 aliphatic rings. The average Bonchev–Trinajstić information content (AvgIpc) is 2.08. The van der Waals surface area contributed by atoms with Crippen molar-refractivity contribution in [2.75, 3.05) is 13.1 Å². The third-order valence-electron chi connectivity index (χ3n) is 2.36. The van der Waals surface area contributed by atoms with Crippen LogP contribution >= 0.6 is 0 Å². The molecule has 0 aromatic carbocycles. The summed E-state index contributed by atoms with van der Waals surface area (Å²) in [6.07, 6.45) is -0.299. The van der Waals surface area contributed by atoms with E-state index in [-0.39, 0.29) is 11.5 Å². The number of aldehydes is 1. The zero-order valence-corrected chi connectivity index (χ0v) is 8.24. The zero-order valence-electron chi connectivity index (χ0n) is 8.24. The van der Waals surface area contributed by atoms with Crippen molar-refractivity contribution >= 4 is 12.4 Å². The van der Waals surface area contributed by atoms with Gasteiger partial charge in [-0.05, 0) is 6.92 Å². The van der Waals surface area contributed by atoms with E-state index in [0.29, 0.717) is 19.4 Å². The van der Waals surface area contributed by atoms with Crippen molar-refractivity contribution < 1.29 is 14.3 Å². The van der Waals surface area contributed by atoms with Gasteiger partial charge in [0.1, 0.15) is 0 Å². The van der Waals surface area contributed by atoms with E-state index >= 15 is 0 Å². The highest BCUT2D eigenvalue weighted by Crippen LogP contribution is 2.28. The van der Waals surface area contributed by atoms with E-state index in [9.17, 15) is 9.59 Å². The molecular formula is C9H15NO3.